The molecule has 0 unspecified atom stereocenters. The van der Waals surface area contributed by atoms with Crippen LogP contribution in [-0.4, -0.2) is 48.8 Å². The molecule has 8 nitrogen and oxygen atoms in total. The van der Waals surface area contributed by atoms with Crippen molar-refractivity contribution in [1.29, 1.82) is 0 Å². The number of hydrogen-bond acceptors (Lipinski definition) is 6. The van der Waals surface area contributed by atoms with Gasteiger partial charge in [0.05, 0.1) is 13.2 Å². The van der Waals surface area contributed by atoms with Crippen LogP contribution in [0.1, 0.15) is 44.1 Å². The Morgan fingerprint density at radius 2 is 1.94 bits per heavy atom. The number of aryl methyl sites for hydroxylation is 1. The van der Waals surface area contributed by atoms with Gasteiger partial charge >= 0.3 is 6.09 Å². The highest BCUT2D eigenvalue weighted by Gasteiger charge is 2.43. The van der Waals surface area contributed by atoms with E-state index in [4.69, 9.17) is 18.6 Å². The molecule has 0 spiro atoms. The number of fused-ring (bicyclic) bond motifs is 2. The Morgan fingerprint density at radius 1 is 1.14 bits per heavy atom. The van der Waals surface area contributed by atoms with Gasteiger partial charge in [0, 0.05) is 24.2 Å². The lowest BCUT2D eigenvalue weighted by Crippen LogP contribution is -2.65. The average Bonchev–Trinajstić information content (AvgIpc) is 3.42. The van der Waals surface area contributed by atoms with E-state index in [9.17, 15) is 9.90 Å². The third-order valence-electron chi connectivity index (χ3n) is 6.85. The maximum absolute atomic E-state index is 11.5. The van der Waals surface area contributed by atoms with Gasteiger partial charge in [-0.3, -0.25) is 0 Å². The summed E-state index contributed by atoms with van der Waals surface area (Å²) in [6, 6.07) is 14.4. The summed E-state index contributed by atoms with van der Waals surface area (Å²) < 4.78 is 23.6. The number of amides is 1. The van der Waals surface area contributed by atoms with Crippen LogP contribution < -0.4 is 15.0 Å². The first-order valence-electron chi connectivity index (χ1n) is 12.6. The number of nitrogens with zero attached hydrogens (tertiary/aromatic N) is 1. The van der Waals surface area contributed by atoms with Crippen molar-refractivity contribution in [2.75, 3.05) is 31.2 Å². The Kier molecular flexibility index (Phi) is 6.57. The molecular formula is C28H34N2O6. The van der Waals surface area contributed by atoms with Crippen LogP contribution in [0.3, 0.4) is 0 Å². The summed E-state index contributed by atoms with van der Waals surface area (Å²) in [5, 5.41) is 13.2. The highest BCUT2D eigenvalue weighted by Crippen LogP contribution is 2.34. The number of anilines is 1. The van der Waals surface area contributed by atoms with Crippen LogP contribution in [-0.2, 0) is 28.9 Å². The van der Waals surface area contributed by atoms with Crippen LogP contribution in [0.25, 0.3) is 11.0 Å². The third-order valence-corrected chi connectivity index (χ3v) is 6.85. The normalized spacial score (nSPS) is 18.2. The second-order valence-electron chi connectivity index (χ2n) is 10.3. The van der Waals surface area contributed by atoms with E-state index in [1.54, 1.807) is 0 Å². The van der Waals surface area contributed by atoms with Crippen molar-refractivity contribution < 1.29 is 28.5 Å². The molecule has 36 heavy (non-hydrogen) atoms. The summed E-state index contributed by atoms with van der Waals surface area (Å²) in [6.45, 7) is 7.94. The topological polar surface area (TPSA) is 93.4 Å². The molecule has 3 aromatic rings. The maximum atomic E-state index is 11.5. The summed E-state index contributed by atoms with van der Waals surface area (Å²) in [6.07, 6.45) is 1.95. The zero-order chi connectivity index (χ0) is 25.3. The van der Waals surface area contributed by atoms with Crippen LogP contribution in [0, 0.1) is 0 Å². The number of furan rings is 1. The number of ether oxygens (including phenoxy) is 3. The molecule has 0 aliphatic carbocycles. The maximum Gasteiger partial charge on any atom is 0.405 e. The van der Waals surface area contributed by atoms with Crippen molar-refractivity contribution in [2.24, 2.45) is 0 Å². The standard InChI is InChI=1S/C28H34N2O6/c1-4-5-19-6-9-25-21(12-19)14-23(36-25)15-33-22-7-8-24-20(13-22)10-11-30(24)16-28(29-26(31)32)17-34-27(2,3)35-18-28/h6-9,12-14,29H,4-5,10-11,15-18H2,1-3H3,(H,31,32). The van der Waals surface area contributed by atoms with Gasteiger partial charge in [-0.25, -0.2) is 4.79 Å². The molecule has 2 N–H and O–H groups in total. The van der Waals surface area contributed by atoms with E-state index in [2.05, 4.69) is 35.3 Å². The molecule has 0 bridgehead atoms. The van der Waals surface area contributed by atoms with Gasteiger partial charge in [-0.1, -0.05) is 19.4 Å². The smallest absolute Gasteiger partial charge is 0.405 e. The fraction of sp³-hybridized carbons (Fsp3) is 0.464. The lowest BCUT2D eigenvalue weighted by atomic mass is 9.99. The minimum atomic E-state index is -1.09. The lowest BCUT2D eigenvalue weighted by molar-refractivity contribution is -0.268. The third kappa shape index (κ3) is 5.29. The molecule has 3 heterocycles. The van der Waals surface area contributed by atoms with Crippen molar-refractivity contribution in [1.82, 2.24) is 5.32 Å². The monoisotopic (exact) mass is 494 g/mol. The second kappa shape index (κ2) is 9.67. The Labute approximate surface area is 211 Å². The van der Waals surface area contributed by atoms with Crippen LogP contribution >= 0.6 is 0 Å². The molecule has 0 radical (unpaired) electrons. The first-order chi connectivity index (χ1) is 17.2. The quantitative estimate of drug-likeness (QED) is 0.449. The first kappa shape index (κ1) is 24.5. The summed E-state index contributed by atoms with van der Waals surface area (Å²) in [5.41, 5.74) is 3.60. The number of benzene rings is 2. The number of carboxylic acid groups (broad SMARTS) is 1. The van der Waals surface area contributed by atoms with Crippen molar-refractivity contribution in [3.8, 4) is 5.75 Å². The minimum Gasteiger partial charge on any atom is -0.486 e. The zero-order valence-corrected chi connectivity index (χ0v) is 21.1. The molecule has 1 saturated heterocycles. The predicted molar refractivity (Wildman–Crippen MR) is 137 cm³/mol. The van der Waals surface area contributed by atoms with Gasteiger partial charge in [-0.15, -0.1) is 0 Å². The molecule has 192 valence electrons. The van der Waals surface area contributed by atoms with E-state index in [0.717, 1.165) is 54.0 Å². The Balaban J connectivity index is 1.25. The van der Waals surface area contributed by atoms with Gasteiger partial charge in [0.2, 0.25) is 0 Å². The Hall–Kier alpha value is -3.23. The second-order valence-corrected chi connectivity index (χ2v) is 10.3. The fourth-order valence-corrected chi connectivity index (χ4v) is 5.02. The van der Waals surface area contributed by atoms with Crippen LogP contribution in [0.4, 0.5) is 10.5 Å². The number of nitrogens with one attached hydrogen (secondary N) is 1. The average molecular weight is 495 g/mol. The summed E-state index contributed by atoms with van der Waals surface area (Å²) in [7, 11) is 0. The molecule has 5 rings (SSSR count). The van der Waals surface area contributed by atoms with Gasteiger partial charge in [-0.2, -0.15) is 0 Å². The van der Waals surface area contributed by atoms with Crippen molar-refractivity contribution >= 4 is 22.7 Å². The predicted octanol–water partition coefficient (Wildman–Crippen LogP) is 5.12. The van der Waals surface area contributed by atoms with Gasteiger partial charge in [0.1, 0.15) is 29.2 Å². The largest absolute Gasteiger partial charge is 0.486 e. The molecule has 1 amide bonds. The van der Waals surface area contributed by atoms with Crippen LogP contribution in [0.5, 0.6) is 5.75 Å². The summed E-state index contributed by atoms with van der Waals surface area (Å²) in [4.78, 5) is 13.7. The molecular weight excluding hydrogens is 460 g/mol. The first-order valence-corrected chi connectivity index (χ1v) is 12.6. The minimum absolute atomic E-state index is 0.247. The van der Waals surface area contributed by atoms with Gasteiger partial charge in [0.15, 0.2) is 5.79 Å². The Morgan fingerprint density at radius 3 is 2.69 bits per heavy atom. The van der Waals surface area contributed by atoms with Gasteiger partial charge < -0.3 is 34.0 Å². The van der Waals surface area contributed by atoms with E-state index in [0.29, 0.717) is 13.2 Å². The fourth-order valence-electron chi connectivity index (χ4n) is 5.02. The van der Waals surface area contributed by atoms with Crippen molar-refractivity contribution in [2.45, 2.75) is 58.0 Å². The van der Waals surface area contributed by atoms with E-state index in [1.807, 2.05) is 38.1 Å². The summed E-state index contributed by atoms with van der Waals surface area (Å²) >= 11 is 0. The molecule has 0 saturated carbocycles. The molecule has 2 aromatic carbocycles. The molecule has 2 aliphatic rings. The molecule has 2 aliphatic heterocycles. The molecule has 8 heteroatoms. The number of carbonyl (C=O) groups is 1. The number of hydrogen-bond donors (Lipinski definition) is 2. The van der Waals surface area contributed by atoms with Crippen LogP contribution in [0.2, 0.25) is 0 Å². The van der Waals surface area contributed by atoms with Crippen molar-refractivity contribution in [3.05, 3.63) is 59.4 Å². The van der Waals surface area contributed by atoms with Crippen LogP contribution in [0.15, 0.2) is 46.9 Å². The number of rotatable bonds is 8. The zero-order valence-electron chi connectivity index (χ0n) is 21.1. The van der Waals surface area contributed by atoms with E-state index >= 15 is 0 Å². The molecule has 1 fully saturated rings. The molecule has 1 aromatic heterocycles. The highest BCUT2D eigenvalue weighted by molar-refractivity contribution is 5.78. The molecule has 0 atom stereocenters. The van der Waals surface area contributed by atoms with Gasteiger partial charge in [0.25, 0.3) is 0 Å². The summed E-state index contributed by atoms with van der Waals surface area (Å²) in [5.74, 6) is 0.853. The SMILES string of the molecule is CCCc1ccc2oc(COc3ccc4c(c3)CCN4CC3(NC(=O)O)COC(C)(C)OC3)cc2c1. The van der Waals surface area contributed by atoms with Crippen molar-refractivity contribution in [3.63, 3.8) is 0 Å². The van der Waals surface area contributed by atoms with Gasteiger partial charge in [-0.05, 0) is 74.2 Å². The van der Waals surface area contributed by atoms with E-state index in [1.165, 1.54) is 11.1 Å². The highest BCUT2D eigenvalue weighted by atomic mass is 16.7. The van der Waals surface area contributed by atoms with E-state index in [-0.39, 0.29) is 13.2 Å². The van der Waals surface area contributed by atoms with E-state index < -0.39 is 17.4 Å². The lowest BCUT2D eigenvalue weighted by Gasteiger charge is -2.45. The Bertz CT molecular complexity index is 1240.